The first-order chi connectivity index (χ1) is 12.0. The van der Waals surface area contributed by atoms with E-state index >= 15 is 0 Å². The zero-order chi connectivity index (χ0) is 17.7. The Hall–Kier alpha value is -1.79. The highest BCUT2D eigenvalue weighted by Crippen LogP contribution is 2.57. The summed E-state index contributed by atoms with van der Waals surface area (Å²) in [5, 5.41) is 3.08. The van der Waals surface area contributed by atoms with Gasteiger partial charge in [0.2, 0.25) is 0 Å². The molecule has 1 heterocycles. The number of ether oxygens (including phenoxy) is 2. The van der Waals surface area contributed by atoms with Crippen molar-refractivity contribution in [3.63, 3.8) is 0 Å². The number of halogens is 2. The van der Waals surface area contributed by atoms with Crippen LogP contribution in [-0.2, 0) is 23.9 Å². The van der Waals surface area contributed by atoms with Gasteiger partial charge < -0.3 is 14.8 Å². The van der Waals surface area contributed by atoms with Crippen molar-refractivity contribution in [2.75, 3.05) is 11.9 Å². The van der Waals surface area contributed by atoms with Crippen LogP contribution in [0.3, 0.4) is 0 Å². The van der Waals surface area contributed by atoms with Crippen molar-refractivity contribution in [1.82, 2.24) is 0 Å². The average molecular weight is 384 g/mol. The van der Waals surface area contributed by atoms with Crippen molar-refractivity contribution in [3.8, 4) is 0 Å². The highest BCUT2D eigenvalue weighted by Gasteiger charge is 2.64. The van der Waals surface area contributed by atoms with Crippen molar-refractivity contribution < 1.29 is 23.9 Å². The lowest BCUT2D eigenvalue weighted by atomic mass is 9.80. The van der Waals surface area contributed by atoms with Crippen LogP contribution in [0.15, 0.2) is 18.2 Å². The van der Waals surface area contributed by atoms with Gasteiger partial charge in [0.1, 0.15) is 6.10 Å². The van der Waals surface area contributed by atoms with Crippen LogP contribution in [0.2, 0.25) is 10.0 Å². The number of amides is 1. The van der Waals surface area contributed by atoms with E-state index in [1.54, 1.807) is 18.2 Å². The largest absolute Gasteiger partial charge is 0.462 e. The van der Waals surface area contributed by atoms with Gasteiger partial charge in [-0.15, -0.1) is 0 Å². The van der Waals surface area contributed by atoms with Crippen LogP contribution in [0.4, 0.5) is 5.69 Å². The third kappa shape index (κ3) is 2.77. The SMILES string of the molecule is O=C(COC(=O)[C@@H]1[C@@H]2C[C@@H]3[C@H]1C(=O)O[C@H]3C2)Nc1cccc(Cl)c1Cl. The molecule has 2 aliphatic carbocycles. The van der Waals surface area contributed by atoms with Crippen LogP contribution >= 0.6 is 23.2 Å². The number of benzene rings is 1. The molecule has 5 atom stereocenters. The lowest BCUT2D eigenvalue weighted by molar-refractivity contribution is -0.157. The fourth-order valence-electron chi connectivity index (χ4n) is 4.34. The van der Waals surface area contributed by atoms with Gasteiger partial charge in [-0.25, -0.2) is 0 Å². The molecule has 1 N–H and O–H groups in total. The Bertz CT molecular complexity index is 765. The predicted molar refractivity (Wildman–Crippen MR) is 89.1 cm³/mol. The quantitative estimate of drug-likeness (QED) is 0.808. The molecule has 0 unspecified atom stereocenters. The van der Waals surface area contributed by atoms with E-state index in [-0.39, 0.29) is 28.9 Å². The van der Waals surface area contributed by atoms with Gasteiger partial charge in [-0.05, 0) is 30.9 Å². The first kappa shape index (κ1) is 16.7. The van der Waals surface area contributed by atoms with E-state index in [1.165, 1.54) is 0 Å². The van der Waals surface area contributed by atoms with Crippen molar-refractivity contribution in [2.24, 2.45) is 23.7 Å². The van der Waals surface area contributed by atoms with E-state index in [1.807, 2.05) is 0 Å². The highest BCUT2D eigenvalue weighted by molar-refractivity contribution is 6.44. The zero-order valence-corrected chi connectivity index (χ0v) is 14.5. The Balaban J connectivity index is 1.35. The topological polar surface area (TPSA) is 81.7 Å². The number of nitrogens with one attached hydrogen (secondary N) is 1. The molecule has 0 spiro atoms. The molecule has 2 saturated carbocycles. The van der Waals surface area contributed by atoms with Crippen LogP contribution < -0.4 is 5.32 Å². The Morgan fingerprint density at radius 2 is 2.08 bits per heavy atom. The molecule has 0 radical (unpaired) electrons. The Kier molecular flexibility index (Phi) is 4.12. The second-order valence-corrected chi connectivity index (χ2v) is 7.46. The molecule has 1 aromatic carbocycles. The Labute approximate surface area is 153 Å². The maximum absolute atomic E-state index is 12.4. The molecule has 1 saturated heterocycles. The number of anilines is 1. The molecule has 1 amide bonds. The van der Waals surface area contributed by atoms with E-state index < -0.39 is 30.3 Å². The molecule has 3 aliphatic rings. The summed E-state index contributed by atoms with van der Waals surface area (Å²) in [7, 11) is 0. The molecule has 6 nitrogen and oxygen atoms in total. The van der Waals surface area contributed by atoms with Crippen molar-refractivity contribution in [1.29, 1.82) is 0 Å². The number of hydrogen-bond donors (Lipinski definition) is 1. The van der Waals surface area contributed by atoms with Gasteiger partial charge in [-0.2, -0.15) is 0 Å². The third-order valence-electron chi connectivity index (χ3n) is 5.33. The molecule has 0 aromatic heterocycles. The molecule has 4 rings (SSSR count). The molecule has 1 aliphatic heterocycles. The second kappa shape index (κ2) is 6.18. The van der Waals surface area contributed by atoms with Crippen LogP contribution in [0, 0.1) is 23.7 Å². The number of fused-ring (bicyclic) bond motifs is 1. The molecule has 1 aromatic rings. The minimum atomic E-state index is -0.521. The fourth-order valence-corrected chi connectivity index (χ4v) is 4.69. The minimum Gasteiger partial charge on any atom is -0.462 e. The van der Waals surface area contributed by atoms with Gasteiger partial charge in [-0.1, -0.05) is 29.3 Å². The Morgan fingerprint density at radius 1 is 1.28 bits per heavy atom. The van der Waals surface area contributed by atoms with E-state index in [9.17, 15) is 14.4 Å². The molecule has 3 fully saturated rings. The molecular weight excluding hydrogens is 369 g/mol. The summed E-state index contributed by atoms with van der Waals surface area (Å²) in [6.45, 7) is -0.444. The number of carbonyl (C=O) groups excluding carboxylic acids is 3. The average Bonchev–Trinajstić information content (AvgIpc) is 3.19. The van der Waals surface area contributed by atoms with E-state index in [0.29, 0.717) is 17.1 Å². The molecule has 8 heteroatoms. The lowest BCUT2D eigenvalue weighted by Gasteiger charge is -2.22. The lowest BCUT2D eigenvalue weighted by Crippen LogP contribution is -2.35. The molecule has 132 valence electrons. The number of carbonyl (C=O) groups is 3. The van der Waals surface area contributed by atoms with E-state index in [4.69, 9.17) is 32.7 Å². The third-order valence-corrected chi connectivity index (χ3v) is 6.15. The Morgan fingerprint density at radius 3 is 2.88 bits per heavy atom. The molecule has 25 heavy (non-hydrogen) atoms. The first-order valence-corrected chi connectivity index (χ1v) is 8.82. The van der Waals surface area contributed by atoms with Gasteiger partial charge in [-0.3, -0.25) is 14.4 Å². The van der Waals surface area contributed by atoms with Crippen LogP contribution in [0.25, 0.3) is 0 Å². The maximum Gasteiger partial charge on any atom is 0.310 e. The predicted octanol–water partition coefficient (Wildman–Crippen LogP) is 2.67. The first-order valence-electron chi connectivity index (χ1n) is 8.06. The number of rotatable bonds is 4. The number of hydrogen-bond acceptors (Lipinski definition) is 5. The van der Waals surface area contributed by atoms with Crippen molar-refractivity contribution in [3.05, 3.63) is 28.2 Å². The van der Waals surface area contributed by atoms with Gasteiger partial charge in [0.05, 0.1) is 27.6 Å². The summed E-state index contributed by atoms with van der Waals surface area (Å²) in [4.78, 5) is 36.3. The standard InChI is InChI=1S/C17H15Cl2NO5/c18-9-2-1-3-10(15(9)19)20-12(21)6-24-16(22)13-7-4-8-11(5-7)25-17(23)14(8)13/h1-3,7-8,11,13-14H,4-6H2,(H,20,21)/t7-,8+,11+,13-,14-/m1/s1. The van der Waals surface area contributed by atoms with E-state index in [2.05, 4.69) is 5.32 Å². The minimum absolute atomic E-state index is 0.0418. The highest BCUT2D eigenvalue weighted by atomic mass is 35.5. The van der Waals surface area contributed by atoms with Gasteiger partial charge in [0, 0.05) is 5.92 Å². The van der Waals surface area contributed by atoms with Gasteiger partial charge >= 0.3 is 11.9 Å². The van der Waals surface area contributed by atoms with Gasteiger partial charge in [0.25, 0.3) is 5.91 Å². The van der Waals surface area contributed by atoms with Crippen molar-refractivity contribution >= 4 is 46.7 Å². The summed E-state index contributed by atoms with van der Waals surface area (Å²) in [5.41, 5.74) is 0.345. The summed E-state index contributed by atoms with van der Waals surface area (Å²) in [6.07, 6.45) is 1.47. The van der Waals surface area contributed by atoms with E-state index in [0.717, 1.165) is 6.42 Å². The normalized spacial score (nSPS) is 31.8. The monoisotopic (exact) mass is 383 g/mol. The summed E-state index contributed by atoms with van der Waals surface area (Å²) in [6, 6.07) is 4.84. The van der Waals surface area contributed by atoms with Gasteiger partial charge in [0.15, 0.2) is 6.61 Å². The maximum atomic E-state index is 12.4. The van der Waals surface area contributed by atoms with Crippen LogP contribution in [-0.4, -0.2) is 30.6 Å². The number of esters is 2. The van der Waals surface area contributed by atoms with Crippen LogP contribution in [0.1, 0.15) is 12.8 Å². The summed E-state index contributed by atoms with van der Waals surface area (Å²) in [5.74, 6) is -2.04. The van der Waals surface area contributed by atoms with Crippen molar-refractivity contribution in [2.45, 2.75) is 18.9 Å². The summed E-state index contributed by atoms with van der Waals surface area (Å²) >= 11 is 11.9. The fraction of sp³-hybridized carbons (Fsp3) is 0.471. The molecule has 2 bridgehead atoms. The smallest absolute Gasteiger partial charge is 0.310 e. The second-order valence-electron chi connectivity index (χ2n) is 6.68. The zero-order valence-electron chi connectivity index (χ0n) is 13.0. The molecular formula is C17H15Cl2NO5. The summed E-state index contributed by atoms with van der Waals surface area (Å²) < 4.78 is 10.4. The van der Waals surface area contributed by atoms with Crippen LogP contribution in [0.5, 0.6) is 0 Å².